The molecule has 0 bridgehead atoms. The summed E-state index contributed by atoms with van der Waals surface area (Å²) in [6.45, 7) is 0. The maximum atomic E-state index is 14.0. The molecule has 0 radical (unpaired) electrons. The van der Waals surface area contributed by atoms with Crippen LogP contribution in [0.4, 0.5) is 4.39 Å². The molecule has 3 nitrogen and oxygen atoms in total. The van der Waals surface area contributed by atoms with Gasteiger partial charge in [-0.15, -0.1) is 0 Å². The van der Waals surface area contributed by atoms with E-state index in [1.807, 2.05) is 0 Å². The summed E-state index contributed by atoms with van der Waals surface area (Å²) in [7, 11) is 2.75. The molecule has 0 aliphatic heterocycles. The Morgan fingerprint density at radius 2 is 1.80 bits per heavy atom. The van der Waals surface area contributed by atoms with Gasteiger partial charge in [-0.3, -0.25) is 0 Å². The highest BCUT2D eigenvalue weighted by molar-refractivity contribution is 6.33. The Kier molecular flexibility index (Phi) is 4.25. The Labute approximate surface area is 120 Å². The maximum absolute atomic E-state index is 14.0. The van der Waals surface area contributed by atoms with Crippen molar-refractivity contribution in [3.63, 3.8) is 0 Å². The molecule has 0 spiro atoms. The second-order valence-corrected chi connectivity index (χ2v) is 4.44. The van der Waals surface area contributed by atoms with E-state index in [2.05, 4.69) is 4.74 Å². The van der Waals surface area contributed by atoms with E-state index in [9.17, 15) is 9.18 Å². The number of hydrogen-bond donors (Lipinski definition) is 0. The van der Waals surface area contributed by atoms with E-state index in [1.165, 1.54) is 32.4 Å². The minimum Gasteiger partial charge on any atom is -0.497 e. The Morgan fingerprint density at radius 1 is 1.10 bits per heavy atom. The van der Waals surface area contributed by atoms with Crippen LogP contribution < -0.4 is 4.74 Å². The van der Waals surface area contributed by atoms with Gasteiger partial charge in [0.25, 0.3) is 0 Å². The highest BCUT2D eigenvalue weighted by atomic mass is 35.5. The Balaban J connectivity index is 2.46. The van der Waals surface area contributed by atoms with E-state index < -0.39 is 11.8 Å². The standard InChI is InChI=1S/C15H12ClFO3/c1-19-10-4-6-12(14(17)8-10)11-5-3-9(7-13(11)16)15(18)20-2/h3-8H,1-2H3. The largest absolute Gasteiger partial charge is 0.497 e. The quantitative estimate of drug-likeness (QED) is 0.804. The Morgan fingerprint density at radius 3 is 2.35 bits per heavy atom. The van der Waals surface area contributed by atoms with Crippen molar-refractivity contribution in [2.24, 2.45) is 0 Å². The van der Waals surface area contributed by atoms with Crippen molar-refractivity contribution in [1.29, 1.82) is 0 Å². The van der Waals surface area contributed by atoms with E-state index in [0.29, 0.717) is 22.4 Å². The van der Waals surface area contributed by atoms with Gasteiger partial charge in [0, 0.05) is 22.2 Å². The molecule has 0 atom stereocenters. The average molecular weight is 295 g/mol. The maximum Gasteiger partial charge on any atom is 0.337 e. The summed E-state index contributed by atoms with van der Waals surface area (Å²) < 4.78 is 23.5. The summed E-state index contributed by atoms with van der Waals surface area (Å²) in [6.07, 6.45) is 0. The minimum atomic E-state index is -0.492. The third kappa shape index (κ3) is 2.75. The van der Waals surface area contributed by atoms with E-state index in [0.717, 1.165) is 0 Å². The predicted octanol–water partition coefficient (Wildman–Crippen LogP) is 3.94. The smallest absolute Gasteiger partial charge is 0.337 e. The van der Waals surface area contributed by atoms with E-state index >= 15 is 0 Å². The second-order valence-electron chi connectivity index (χ2n) is 4.03. The molecule has 5 heteroatoms. The van der Waals surface area contributed by atoms with Gasteiger partial charge in [0.05, 0.1) is 19.8 Å². The fraction of sp³-hybridized carbons (Fsp3) is 0.133. The lowest BCUT2D eigenvalue weighted by Crippen LogP contribution is -2.01. The van der Waals surface area contributed by atoms with Crippen molar-refractivity contribution in [1.82, 2.24) is 0 Å². The van der Waals surface area contributed by atoms with Crippen molar-refractivity contribution < 1.29 is 18.7 Å². The van der Waals surface area contributed by atoms with Crippen LogP contribution in [0.3, 0.4) is 0 Å². The van der Waals surface area contributed by atoms with Gasteiger partial charge in [0.2, 0.25) is 0 Å². The lowest BCUT2D eigenvalue weighted by Gasteiger charge is -2.09. The van der Waals surface area contributed by atoms with Crippen LogP contribution >= 0.6 is 11.6 Å². The van der Waals surface area contributed by atoms with Gasteiger partial charge < -0.3 is 9.47 Å². The molecule has 0 heterocycles. The highest BCUT2D eigenvalue weighted by Gasteiger charge is 2.13. The van der Waals surface area contributed by atoms with Gasteiger partial charge in [0.1, 0.15) is 11.6 Å². The van der Waals surface area contributed by atoms with Crippen molar-refractivity contribution in [3.05, 3.63) is 52.8 Å². The van der Waals surface area contributed by atoms with Gasteiger partial charge in [-0.1, -0.05) is 17.7 Å². The van der Waals surface area contributed by atoms with Gasteiger partial charge in [-0.2, -0.15) is 0 Å². The molecule has 0 aliphatic rings. The SMILES string of the molecule is COC(=O)c1ccc(-c2ccc(OC)cc2F)c(Cl)c1. The molecule has 0 N–H and O–H groups in total. The molecule has 0 fully saturated rings. The summed E-state index contributed by atoms with van der Waals surface area (Å²) in [4.78, 5) is 11.4. The molecule has 0 saturated carbocycles. The number of hydrogen-bond acceptors (Lipinski definition) is 3. The van der Waals surface area contributed by atoms with Crippen LogP contribution in [0.5, 0.6) is 5.75 Å². The molecule has 0 saturated heterocycles. The first kappa shape index (κ1) is 14.3. The minimum absolute atomic E-state index is 0.275. The number of carbonyl (C=O) groups is 1. The molecule has 0 unspecified atom stereocenters. The summed E-state index contributed by atoms with van der Waals surface area (Å²) in [6, 6.07) is 9.07. The Bertz CT molecular complexity index is 656. The van der Waals surface area contributed by atoms with Crippen LogP contribution in [0.15, 0.2) is 36.4 Å². The zero-order valence-corrected chi connectivity index (χ0v) is 11.7. The van der Waals surface area contributed by atoms with Crippen LogP contribution in [0, 0.1) is 5.82 Å². The zero-order chi connectivity index (χ0) is 14.7. The van der Waals surface area contributed by atoms with Crippen LogP contribution in [0.25, 0.3) is 11.1 Å². The molecule has 2 aromatic carbocycles. The third-order valence-corrected chi connectivity index (χ3v) is 3.17. The molecule has 0 aliphatic carbocycles. The fourth-order valence-electron chi connectivity index (χ4n) is 1.82. The molecule has 2 rings (SSSR count). The first-order valence-corrected chi connectivity index (χ1v) is 6.16. The summed E-state index contributed by atoms with van der Waals surface area (Å²) in [5.41, 5.74) is 1.15. The molecule has 104 valence electrons. The summed E-state index contributed by atoms with van der Waals surface area (Å²) in [5, 5.41) is 0.275. The van der Waals surface area contributed by atoms with Crippen LogP contribution in [0.1, 0.15) is 10.4 Å². The van der Waals surface area contributed by atoms with Crippen molar-refractivity contribution in [2.45, 2.75) is 0 Å². The summed E-state index contributed by atoms with van der Waals surface area (Å²) >= 11 is 6.10. The third-order valence-electron chi connectivity index (χ3n) is 2.86. The van der Waals surface area contributed by atoms with E-state index in [-0.39, 0.29) is 5.02 Å². The number of ether oxygens (including phenoxy) is 2. The van der Waals surface area contributed by atoms with Crippen LogP contribution in [-0.2, 0) is 4.74 Å². The van der Waals surface area contributed by atoms with Crippen molar-refractivity contribution >= 4 is 17.6 Å². The number of esters is 1. The van der Waals surface area contributed by atoms with Gasteiger partial charge in [-0.25, -0.2) is 9.18 Å². The molecule has 20 heavy (non-hydrogen) atoms. The second kappa shape index (κ2) is 5.92. The molecular formula is C15H12ClFO3. The van der Waals surface area contributed by atoms with Crippen LogP contribution in [-0.4, -0.2) is 20.2 Å². The highest BCUT2D eigenvalue weighted by Crippen LogP contribution is 2.32. The number of methoxy groups -OCH3 is 2. The summed E-state index contributed by atoms with van der Waals surface area (Å²) in [5.74, 6) is -0.515. The lowest BCUT2D eigenvalue weighted by atomic mass is 10.0. The molecular weight excluding hydrogens is 283 g/mol. The molecule has 0 aromatic heterocycles. The first-order valence-electron chi connectivity index (χ1n) is 5.78. The molecule has 2 aromatic rings. The predicted molar refractivity (Wildman–Crippen MR) is 74.7 cm³/mol. The van der Waals surface area contributed by atoms with E-state index in [1.54, 1.807) is 18.2 Å². The average Bonchev–Trinajstić information content (AvgIpc) is 2.46. The number of carbonyl (C=O) groups excluding carboxylic acids is 1. The van der Waals surface area contributed by atoms with Crippen molar-refractivity contribution in [2.75, 3.05) is 14.2 Å². The zero-order valence-electron chi connectivity index (χ0n) is 10.9. The monoisotopic (exact) mass is 294 g/mol. The van der Waals surface area contributed by atoms with E-state index in [4.69, 9.17) is 16.3 Å². The first-order chi connectivity index (χ1) is 9.56. The molecule has 0 amide bonds. The van der Waals surface area contributed by atoms with Crippen LogP contribution in [0.2, 0.25) is 5.02 Å². The fourth-order valence-corrected chi connectivity index (χ4v) is 2.10. The lowest BCUT2D eigenvalue weighted by molar-refractivity contribution is 0.0601. The van der Waals surface area contributed by atoms with Gasteiger partial charge >= 0.3 is 5.97 Å². The number of benzene rings is 2. The van der Waals surface area contributed by atoms with Gasteiger partial charge in [0.15, 0.2) is 0 Å². The normalized spacial score (nSPS) is 10.2. The topological polar surface area (TPSA) is 35.5 Å². The number of rotatable bonds is 3. The Hall–Kier alpha value is -2.07. The van der Waals surface area contributed by atoms with Crippen molar-refractivity contribution in [3.8, 4) is 16.9 Å². The number of halogens is 2. The van der Waals surface area contributed by atoms with Gasteiger partial charge in [-0.05, 0) is 24.3 Å².